The smallest absolute Gasteiger partial charge is 0.0639 e. The second-order valence-electron chi connectivity index (χ2n) is 4.96. The van der Waals surface area contributed by atoms with Crippen LogP contribution in [-0.4, -0.2) is 0 Å². The monoisotopic (exact) mass is 303 g/mol. The maximum atomic E-state index is 6.58. The summed E-state index contributed by atoms with van der Waals surface area (Å²) in [6, 6.07) is 14.5. The van der Waals surface area contributed by atoms with Crippen LogP contribution in [0, 0.1) is 13.8 Å². The summed E-state index contributed by atoms with van der Waals surface area (Å²) in [4.78, 5) is 0. The van der Waals surface area contributed by atoms with E-state index in [0.29, 0.717) is 0 Å². The molecular weight excluding hydrogens is 286 g/mol. The fourth-order valence-electron chi connectivity index (χ4n) is 2.28. The Hall–Kier alpha value is -1.12. The summed E-state index contributed by atoms with van der Waals surface area (Å²) >= 11 is 3.50. The molecule has 0 saturated heterocycles. The summed E-state index contributed by atoms with van der Waals surface area (Å²) in [5.74, 6) is 0. The molecule has 94 valence electrons. The predicted molar refractivity (Wildman–Crippen MR) is 80.7 cm³/mol. The Morgan fingerprint density at radius 1 is 1.06 bits per heavy atom. The van der Waals surface area contributed by atoms with E-state index in [1.807, 2.05) is 12.1 Å². The van der Waals surface area contributed by atoms with Crippen molar-refractivity contribution < 1.29 is 0 Å². The molecule has 0 spiro atoms. The van der Waals surface area contributed by atoms with E-state index < -0.39 is 5.54 Å². The number of halogens is 1. The van der Waals surface area contributed by atoms with Crippen LogP contribution in [0.15, 0.2) is 46.9 Å². The molecule has 0 aliphatic rings. The van der Waals surface area contributed by atoms with Gasteiger partial charge in [-0.15, -0.1) is 0 Å². The van der Waals surface area contributed by atoms with Crippen molar-refractivity contribution in [3.8, 4) is 0 Å². The van der Waals surface area contributed by atoms with Crippen LogP contribution in [0.3, 0.4) is 0 Å². The Kier molecular flexibility index (Phi) is 3.60. The van der Waals surface area contributed by atoms with E-state index in [2.05, 4.69) is 67.0 Å². The molecular formula is C16H18BrN. The zero-order valence-electron chi connectivity index (χ0n) is 11.0. The van der Waals surface area contributed by atoms with E-state index in [0.717, 1.165) is 10.0 Å². The molecule has 2 rings (SSSR count). The topological polar surface area (TPSA) is 26.0 Å². The first kappa shape index (κ1) is 13.3. The molecule has 0 saturated carbocycles. The Morgan fingerprint density at radius 2 is 1.72 bits per heavy atom. The van der Waals surface area contributed by atoms with Crippen molar-refractivity contribution in [1.82, 2.24) is 0 Å². The van der Waals surface area contributed by atoms with Crippen LogP contribution in [0.5, 0.6) is 0 Å². The minimum Gasteiger partial charge on any atom is -0.318 e. The maximum Gasteiger partial charge on any atom is 0.0639 e. The van der Waals surface area contributed by atoms with Crippen molar-refractivity contribution in [3.05, 3.63) is 69.2 Å². The molecule has 0 heterocycles. The fourth-order valence-corrected chi connectivity index (χ4v) is 2.68. The van der Waals surface area contributed by atoms with Crippen molar-refractivity contribution in [2.75, 3.05) is 0 Å². The van der Waals surface area contributed by atoms with Crippen molar-refractivity contribution in [1.29, 1.82) is 0 Å². The zero-order chi connectivity index (χ0) is 13.3. The van der Waals surface area contributed by atoms with Crippen LogP contribution in [0.25, 0.3) is 0 Å². The van der Waals surface area contributed by atoms with Gasteiger partial charge in [-0.1, -0.05) is 46.3 Å². The Morgan fingerprint density at radius 3 is 2.39 bits per heavy atom. The Balaban J connectivity index is 2.57. The highest BCUT2D eigenvalue weighted by atomic mass is 79.9. The minimum atomic E-state index is -0.472. The van der Waals surface area contributed by atoms with Gasteiger partial charge < -0.3 is 5.73 Å². The van der Waals surface area contributed by atoms with Crippen LogP contribution < -0.4 is 5.73 Å². The van der Waals surface area contributed by atoms with Gasteiger partial charge in [0.2, 0.25) is 0 Å². The second-order valence-corrected chi connectivity index (χ2v) is 5.88. The van der Waals surface area contributed by atoms with Crippen LogP contribution >= 0.6 is 15.9 Å². The number of hydrogen-bond donors (Lipinski definition) is 1. The SMILES string of the molecule is Cc1cccc(C(C)(N)c2cccc(Br)c2)c1C. The van der Waals surface area contributed by atoms with Gasteiger partial charge in [0.05, 0.1) is 5.54 Å². The van der Waals surface area contributed by atoms with Crippen LogP contribution in [0.4, 0.5) is 0 Å². The molecule has 2 N–H and O–H groups in total. The van der Waals surface area contributed by atoms with Gasteiger partial charge in [0.25, 0.3) is 0 Å². The van der Waals surface area contributed by atoms with Gasteiger partial charge in [-0.3, -0.25) is 0 Å². The molecule has 0 radical (unpaired) electrons. The first-order valence-electron chi connectivity index (χ1n) is 6.04. The third-order valence-electron chi connectivity index (χ3n) is 3.59. The summed E-state index contributed by atoms with van der Waals surface area (Å²) in [6.45, 7) is 6.32. The molecule has 18 heavy (non-hydrogen) atoms. The van der Waals surface area contributed by atoms with Crippen molar-refractivity contribution >= 4 is 15.9 Å². The standard InChI is InChI=1S/C16H18BrN/c1-11-6-4-9-15(12(11)2)16(3,18)13-7-5-8-14(17)10-13/h4-10H,18H2,1-3H3. The molecule has 2 aromatic carbocycles. The molecule has 1 atom stereocenters. The Labute approximate surface area is 117 Å². The molecule has 0 aliphatic carbocycles. The zero-order valence-corrected chi connectivity index (χ0v) is 12.6. The molecule has 0 aromatic heterocycles. The number of benzene rings is 2. The van der Waals surface area contributed by atoms with E-state index in [1.165, 1.54) is 16.7 Å². The number of hydrogen-bond acceptors (Lipinski definition) is 1. The van der Waals surface area contributed by atoms with Gasteiger partial charge in [-0.25, -0.2) is 0 Å². The van der Waals surface area contributed by atoms with Gasteiger partial charge in [-0.2, -0.15) is 0 Å². The fraction of sp³-hybridized carbons (Fsp3) is 0.250. The molecule has 0 bridgehead atoms. The van der Waals surface area contributed by atoms with E-state index in [1.54, 1.807) is 0 Å². The summed E-state index contributed by atoms with van der Waals surface area (Å²) < 4.78 is 1.06. The third-order valence-corrected chi connectivity index (χ3v) is 4.08. The van der Waals surface area contributed by atoms with Crippen molar-refractivity contribution in [2.24, 2.45) is 5.73 Å². The lowest BCUT2D eigenvalue weighted by atomic mass is 9.82. The van der Waals surface area contributed by atoms with Crippen molar-refractivity contribution in [3.63, 3.8) is 0 Å². The number of rotatable bonds is 2. The molecule has 0 fully saturated rings. The van der Waals surface area contributed by atoms with Gasteiger partial charge in [0, 0.05) is 4.47 Å². The second kappa shape index (κ2) is 4.87. The van der Waals surface area contributed by atoms with E-state index in [4.69, 9.17) is 5.73 Å². The van der Waals surface area contributed by atoms with Crippen LogP contribution in [0.1, 0.15) is 29.2 Å². The molecule has 0 amide bonds. The van der Waals surface area contributed by atoms with Gasteiger partial charge in [0.1, 0.15) is 0 Å². The summed E-state index contributed by atoms with van der Waals surface area (Å²) in [5, 5.41) is 0. The van der Waals surface area contributed by atoms with Crippen molar-refractivity contribution in [2.45, 2.75) is 26.3 Å². The average molecular weight is 304 g/mol. The molecule has 2 aromatic rings. The Bertz CT molecular complexity index is 573. The first-order chi connectivity index (χ1) is 8.43. The largest absolute Gasteiger partial charge is 0.318 e. The van der Waals surface area contributed by atoms with Gasteiger partial charge in [-0.05, 0) is 55.2 Å². The van der Waals surface area contributed by atoms with Crippen LogP contribution in [0.2, 0.25) is 0 Å². The highest BCUT2D eigenvalue weighted by Gasteiger charge is 2.25. The van der Waals surface area contributed by atoms with E-state index in [9.17, 15) is 0 Å². The van der Waals surface area contributed by atoms with Gasteiger partial charge in [0.15, 0.2) is 0 Å². The molecule has 1 unspecified atom stereocenters. The quantitative estimate of drug-likeness (QED) is 0.880. The summed E-state index contributed by atoms with van der Waals surface area (Å²) in [7, 11) is 0. The number of nitrogens with two attached hydrogens (primary N) is 1. The lowest BCUT2D eigenvalue weighted by Gasteiger charge is -2.28. The highest BCUT2D eigenvalue weighted by molar-refractivity contribution is 9.10. The lowest BCUT2D eigenvalue weighted by Crippen LogP contribution is -2.35. The first-order valence-corrected chi connectivity index (χ1v) is 6.84. The van der Waals surface area contributed by atoms with Crippen LogP contribution in [-0.2, 0) is 5.54 Å². The third kappa shape index (κ3) is 2.36. The highest BCUT2D eigenvalue weighted by Crippen LogP contribution is 2.31. The molecule has 1 nitrogen and oxygen atoms in total. The van der Waals surface area contributed by atoms with Gasteiger partial charge >= 0.3 is 0 Å². The lowest BCUT2D eigenvalue weighted by molar-refractivity contribution is 0.598. The average Bonchev–Trinajstić information content (AvgIpc) is 2.32. The van der Waals surface area contributed by atoms with E-state index in [-0.39, 0.29) is 0 Å². The summed E-state index contributed by atoms with van der Waals surface area (Å²) in [6.07, 6.45) is 0. The minimum absolute atomic E-state index is 0.472. The van der Waals surface area contributed by atoms with E-state index >= 15 is 0 Å². The maximum absolute atomic E-state index is 6.58. The number of aryl methyl sites for hydroxylation is 1. The summed E-state index contributed by atoms with van der Waals surface area (Å²) in [5.41, 5.74) is 10.9. The molecule has 2 heteroatoms. The predicted octanol–water partition coefficient (Wildman–Crippen LogP) is 4.29. The normalized spacial score (nSPS) is 14.3. The molecule has 0 aliphatic heterocycles.